The topological polar surface area (TPSA) is 80.5 Å². The summed E-state index contributed by atoms with van der Waals surface area (Å²) in [4.78, 5) is 8.41. The first-order chi connectivity index (χ1) is 8.54. The van der Waals surface area contributed by atoms with Crippen molar-refractivity contribution in [1.82, 2.24) is 14.5 Å². The summed E-state index contributed by atoms with van der Waals surface area (Å²) in [5, 5.41) is 9.08. The van der Waals surface area contributed by atoms with E-state index in [1.54, 1.807) is 6.20 Å². The van der Waals surface area contributed by atoms with Gasteiger partial charge in [0.1, 0.15) is 17.7 Å². The maximum Gasteiger partial charge on any atom is 0.125 e. The molecule has 0 spiro atoms. The summed E-state index contributed by atoms with van der Waals surface area (Å²) in [6.45, 7) is 6.28. The van der Waals surface area contributed by atoms with Gasteiger partial charge >= 0.3 is 0 Å². The van der Waals surface area contributed by atoms with Crippen molar-refractivity contribution >= 4 is 5.82 Å². The Kier molecular flexibility index (Phi) is 3.02. The fraction of sp³-hybridized carbons (Fsp3) is 0.308. The standard InChI is InChI=1S/C13H15N5/c1-8-9(2)18(13(15)12(8)6-14)7-11-4-5-16-10(3)17-11/h4-5H,7,15H2,1-3H3. The van der Waals surface area contributed by atoms with Gasteiger partial charge in [-0.2, -0.15) is 5.26 Å². The van der Waals surface area contributed by atoms with Gasteiger partial charge in [-0.3, -0.25) is 0 Å². The number of rotatable bonds is 2. The van der Waals surface area contributed by atoms with Crippen LogP contribution >= 0.6 is 0 Å². The second-order valence-electron chi connectivity index (χ2n) is 4.26. The molecule has 2 aromatic heterocycles. The van der Waals surface area contributed by atoms with Gasteiger partial charge in [-0.1, -0.05) is 0 Å². The van der Waals surface area contributed by atoms with Crippen LogP contribution in [-0.4, -0.2) is 14.5 Å². The second-order valence-corrected chi connectivity index (χ2v) is 4.26. The molecule has 2 heterocycles. The molecule has 0 aliphatic carbocycles. The fourth-order valence-corrected chi connectivity index (χ4v) is 1.99. The number of nitrogens with two attached hydrogens (primary N) is 1. The summed E-state index contributed by atoms with van der Waals surface area (Å²) in [7, 11) is 0. The van der Waals surface area contributed by atoms with Crippen LogP contribution in [0.3, 0.4) is 0 Å². The van der Waals surface area contributed by atoms with Crippen LogP contribution in [0, 0.1) is 32.1 Å². The van der Waals surface area contributed by atoms with Crippen molar-refractivity contribution < 1.29 is 0 Å². The summed E-state index contributed by atoms with van der Waals surface area (Å²) in [6, 6.07) is 4.00. The van der Waals surface area contributed by atoms with E-state index in [2.05, 4.69) is 16.0 Å². The first kappa shape index (κ1) is 12.1. The molecule has 0 saturated carbocycles. The SMILES string of the molecule is Cc1nccc(Cn2c(C)c(C)c(C#N)c2N)n1. The van der Waals surface area contributed by atoms with E-state index in [4.69, 9.17) is 11.0 Å². The number of nitrogens with zero attached hydrogens (tertiary/aromatic N) is 4. The van der Waals surface area contributed by atoms with Crippen molar-refractivity contribution in [3.63, 3.8) is 0 Å². The summed E-state index contributed by atoms with van der Waals surface area (Å²) < 4.78 is 1.91. The zero-order valence-electron chi connectivity index (χ0n) is 10.7. The molecule has 5 heteroatoms. The van der Waals surface area contributed by atoms with E-state index in [9.17, 15) is 0 Å². The van der Waals surface area contributed by atoms with Crippen molar-refractivity contribution in [2.75, 3.05) is 5.73 Å². The van der Waals surface area contributed by atoms with Crippen molar-refractivity contribution in [3.8, 4) is 6.07 Å². The van der Waals surface area contributed by atoms with Gasteiger partial charge in [0.25, 0.3) is 0 Å². The lowest BCUT2D eigenvalue weighted by Crippen LogP contribution is -2.08. The number of aryl methyl sites for hydroxylation is 1. The summed E-state index contributed by atoms with van der Waals surface area (Å²) in [6.07, 6.45) is 1.73. The lowest BCUT2D eigenvalue weighted by molar-refractivity contribution is 0.752. The predicted octanol–water partition coefficient (Wildman–Crippen LogP) is 1.71. The molecule has 0 amide bonds. The highest BCUT2D eigenvalue weighted by atomic mass is 15.1. The smallest absolute Gasteiger partial charge is 0.125 e. The van der Waals surface area contributed by atoms with E-state index >= 15 is 0 Å². The molecular formula is C13H15N5. The number of nitriles is 1. The Morgan fingerprint density at radius 1 is 1.39 bits per heavy atom. The van der Waals surface area contributed by atoms with Gasteiger partial charge in [0.15, 0.2) is 0 Å². The van der Waals surface area contributed by atoms with Crippen molar-refractivity contribution in [1.29, 1.82) is 5.26 Å². The third-order valence-electron chi connectivity index (χ3n) is 3.14. The Morgan fingerprint density at radius 2 is 2.11 bits per heavy atom. The maximum absolute atomic E-state index is 9.08. The number of hydrogen-bond donors (Lipinski definition) is 1. The lowest BCUT2D eigenvalue weighted by Gasteiger charge is -2.08. The molecule has 0 aliphatic heterocycles. The Labute approximate surface area is 106 Å². The average Bonchev–Trinajstić information content (AvgIpc) is 2.53. The van der Waals surface area contributed by atoms with E-state index in [0.717, 1.165) is 22.8 Å². The van der Waals surface area contributed by atoms with E-state index in [-0.39, 0.29) is 0 Å². The molecule has 0 bridgehead atoms. The highest BCUT2D eigenvalue weighted by molar-refractivity contribution is 5.58. The maximum atomic E-state index is 9.08. The van der Waals surface area contributed by atoms with Gasteiger partial charge < -0.3 is 10.3 Å². The highest BCUT2D eigenvalue weighted by Crippen LogP contribution is 2.24. The van der Waals surface area contributed by atoms with Gasteiger partial charge in [-0.25, -0.2) is 9.97 Å². The van der Waals surface area contributed by atoms with E-state index in [1.807, 2.05) is 31.4 Å². The Morgan fingerprint density at radius 3 is 2.67 bits per heavy atom. The largest absolute Gasteiger partial charge is 0.384 e. The first-order valence-corrected chi connectivity index (χ1v) is 5.68. The quantitative estimate of drug-likeness (QED) is 0.867. The normalized spacial score (nSPS) is 10.3. The van der Waals surface area contributed by atoms with Crippen LogP contribution in [0.1, 0.15) is 28.3 Å². The Bertz CT molecular complexity index is 634. The molecule has 0 unspecified atom stereocenters. The van der Waals surface area contributed by atoms with Crippen LogP contribution < -0.4 is 5.73 Å². The molecule has 0 fully saturated rings. The minimum Gasteiger partial charge on any atom is -0.384 e. The van der Waals surface area contributed by atoms with Gasteiger partial charge in [0.2, 0.25) is 0 Å². The average molecular weight is 241 g/mol. The molecule has 2 N–H and O–H groups in total. The van der Waals surface area contributed by atoms with Crippen LogP contribution in [0.4, 0.5) is 5.82 Å². The van der Waals surface area contributed by atoms with Crippen LogP contribution in [0.25, 0.3) is 0 Å². The minimum atomic E-state index is 0.503. The van der Waals surface area contributed by atoms with Gasteiger partial charge in [0, 0.05) is 11.9 Å². The predicted molar refractivity (Wildman–Crippen MR) is 68.9 cm³/mol. The fourth-order valence-electron chi connectivity index (χ4n) is 1.99. The molecule has 5 nitrogen and oxygen atoms in total. The van der Waals surface area contributed by atoms with Crippen molar-refractivity contribution in [3.05, 3.63) is 40.6 Å². The van der Waals surface area contributed by atoms with Gasteiger partial charge in [0.05, 0.1) is 17.8 Å². The van der Waals surface area contributed by atoms with E-state index in [0.29, 0.717) is 17.9 Å². The van der Waals surface area contributed by atoms with Gasteiger partial charge in [-0.05, 0) is 32.4 Å². The number of aromatic nitrogens is 3. The van der Waals surface area contributed by atoms with Crippen molar-refractivity contribution in [2.45, 2.75) is 27.3 Å². The Balaban J connectivity index is 2.45. The number of anilines is 1. The third kappa shape index (κ3) is 1.93. The second kappa shape index (κ2) is 4.49. The third-order valence-corrected chi connectivity index (χ3v) is 3.14. The highest BCUT2D eigenvalue weighted by Gasteiger charge is 2.15. The Hall–Kier alpha value is -2.35. The van der Waals surface area contributed by atoms with Crippen LogP contribution in [0.2, 0.25) is 0 Å². The van der Waals surface area contributed by atoms with Crippen LogP contribution in [0.5, 0.6) is 0 Å². The van der Waals surface area contributed by atoms with Crippen LogP contribution in [0.15, 0.2) is 12.3 Å². The molecule has 18 heavy (non-hydrogen) atoms. The van der Waals surface area contributed by atoms with E-state index < -0.39 is 0 Å². The first-order valence-electron chi connectivity index (χ1n) is 5.68. The zero-order chi connectivity index (χ0) is 13.3. The van der Waals surface area contributed by atoms with E-state index in [1.165, 1.54) is 0 Å². The zero-order valence-corrected chi connectivity index (χ0v) is 10.7. The monoisotopic (exact) mass is 241 g/mol. The summed E-state index contributed by atoms with van der Waals surface area (Å²) in [5.41, 5.74) is 9.37. The molecule has 0 aliphatic rings. The number of hydrogen-bond acceptors (Lipinski definition) is 4. The van der Waals surface area contributed by atoms with Crippen LogP contribution in [-0.2, 0) is 6.54 Å². The molecule has 0 radical (unpaired) electrons. The molecule has 92 valence electrons. The lowest BCUT2D eigenvalue weighted by atomic mass is 10.2. The molecule has 0 saturated heterocycles. The minimum absolute atomic E-state index is 0.503. The summed E-state index contributed by atoms with van der Waals surface area (Å²) >= 11 is 0. The molecule has 2 rings (SSSR count). The number of nitrogen functional groups attached to an aromatic ring is 1. The molecule has 2 aromatic rings. The van der Waals surface area contributed by atoms with Gasteiger partial charge in [-0.15, -0.1) is 0 Å². The summed E-state index contributed by atoms with van der Waals surface area (Å²) in [5.74, 6) is 1.23. The molecule has 0 aromatic carbocycles. The molecule has 0 atom stereocenters. The molecular weight excluding hydrogens is 226 g/mol. The van der Waals surface area contributed by atoms with Crippen molar-refractivity contribution in [2.24, 2.45) is 0 Å².